The molecule has 0 atom stereocenters. The maximum Gasteiger partial charge on any atom is 0.136 e. The number of aromatic nitrogens is 2. The molecule has 3 heterocycles. The summed E-state index contributed by atoms with van der Waals surface area (Å²) in [5, 5.41) is 7.22. The van der Waals surface area contributed by atoms with Crippen LogP contribution in [0.15, 0.2) is 217 Å². The van der Waals surface area contributed by atoms with Crippen LogP contribution in [0.4, 0.5) is 17.1 Å². The van der Waals surface area contributed by atoms with Gasteiger partial charge in [-0.15, -0.1) is 0 Å². The van der Waals surface area contributed by atoms with Gasteiger partial charge < -0.3 is 18.5 Å². The topological polar surface area (TPSA) is 26.2 Å². The zero-order chi connectivity index (χ0) is 38.2. The Balaban J connectivity index is 1.01. The van der Waals surface area contributed by atoms with Crippen molar-refractivity contribution in [3.8, 4) is 22.5 Å². The van der Waals surface area contributed by atoms with E-state index >= 15 is 0 Å². The molecule has 58 heavy (non-hydrogen) atoms. The minimum absolute atomic E-state index is 0.899. The van der Waals surface area contributed by atoms with Gasteiger partial charge in [0.05, 0.1) is 22.1 Å². The SMILES string of the molecule is c1ccc(-n2c3ccccc3c3cc(N(c4ccc(-c5ccc6c(c5)oc5ccccc56)cc4)c4ccc(-n5c6ccccc6c6ccccc65)cc4)ccc32)cc1. The van der Waals surface area contributed by atoms with Crippen molar-refractivity contribution in [3.63, 3.8) is 0 Å². The Kier molecular flexibility index (Phi) is 7.20. The summed E-state index contributed by atoms with van der Waals surface area (Å²) < 4.78 is 11.0. The summed E-state index contributed by atoms with van der Waals surface area (Å²) in [6, 6.07) is 76.2. The molecule has 0 N–H and O–H groups in total. The summed E-state index contributed by atoms with van der Waals surface area (Å²) in [6.45, 7) is 0. The maximum atomic E-state index is 6.26. The van der Waals surface area contributed by atoms with Gasteiger partial charge in [0.25, 0.3) is 0 Å². The van der Waals surface area contributed by atoms with Crippen molar-refractivity contribution in [1.82, 2.24) is 9.13 Å². The molecule has 0 aliphatic rings. The van der Waals surface area contributed by atoms with E-state index in [0.717, 1.165) is 61.5 Å². The molecule has 4 heteroatoms. The fraction of sp³-hybridized carbons (Fsp3) is 0. The van der Waals surface area contributed by atoms with Gasteiger partial charge in [-0.05, 0) is 114 Å². The first kappa shape index (κ1) is 32.4. The molecule has 0 radical (unpaired) electrons. The number of para-hydroxylation sites is 5. The molecule has 0 fully saturated rings. The van der Waals surface area contributed by atoms with Crippen molar-refractivity contribution in [2.45, 2.75) is 0 Å². The average molecular weight is 742 g/mol. The van der Waals surface area contributed by atoms with E-state index in [1.807, 2.05) is 12.1 Å². The molecule has 0 bridgehead atoms. The minimum Gasteiger partial charge on any atom is -0.456 e. The molecular weight excluding hydrogens is 707 g/mol. The van der Waals surface area contributed by atoms with Crippen LogP contribution in [-0.4, -0.2) is 9.13 Å². The van der Waals surface area contributed by atoms with Crippen LogP contribution in [0, 0.1) is 0 Å². The molecule has 0 saturated carbocycles. The lowest BCUT2D eigenvalue weighted by molar-refractivity contribution is 0.669. The number of hydrogen-bond donors (Lipinski definition) is 0. The van der Waals surface area contributed by atoms with Gasteiger partial charge >= 0.3 is 0 Å². The molecule has 4 nitrogen and oxygen atoms in total. The van der Waals surface area contributed by atoms with E-state index in [9.17, 15) is 0 Å². The first-order valence-corrected chi connectivity index (χ1v) is 19.8. The highest BCUT2D eigenvalue weighted by Gasteiger charge is 2.19. The molecule has 0 aliphatic carbocycles. The summed E-state index contributed by atoms with van der Waals surface area (Å²) in [7, 11) is 0. The molecule has 12 rings (SSSR count). The van der Waals surface area contributed by atoms with Crippen LogP contribution in [0.3, 0.4) is 0 Å². The van der Waals surface area contributed by atoms with Gasteiger partial charge in [0.2, 0.25) is 0 Å². The lowest BCUT2D eigenvalue weighted by atomic mass is 10.0. The van der Waals surface area contributed by atoms with Gasteiger partial charge in [-0.2, -0.15) is 0 Å². The van der Waals surface area contributed by atoms with Crippen LogP contribution < -0.4 is 4.90 Å². The molecule has 9 aromatic carbocycles. The van der Waals surface area contributed by atoms with E-state index in [0.29, 0.717) is 0 Å². The minimum atomic E-state index is 0.899. The van der Waals surface area contributed by atoms with Crippen LogP contribution in [0.1, 0.15) is 0 Å². The Hall–Kier alpha value is -7.82. The Labute approximate surface area is 334 Å². The Morgan fingerprint density at radius 3 is 1.41 bits per heavy atom. The zero-order valence-electron chi connectivity index (χ0n) is 31.5. The summed E-state index contributed by atoms with van der Waals surface area (Å²) in [6.07, 6.45) is 0. The Morgan fingerprint density at radius 2 is 0.759 bits per heavy atom. The van der Waals surface area contributed by atoms with Crippen molar-refractivity contribution in [2.75, 3.05) is 4.90 Å². The van der Waals surface area contributed by atoms with Gasteiger partial charge in [-0.25, -0.2) is 0 Å². The quantitative estimate of drug-likeness (QED) is 0.170. The average Bonchev–Trinajstić information content (AvgIpc) is 3.95. The van der Waals surface area contributed by atoms with Gasteiger partial charge in [0, 0.05) is 60.8 Å². The third-order valence-electron chi connectivity index (χ3n) is 11.7. The molecule has 0 spiro atoms. The molecule has 3 aromatic heterocycles. The monoisotopic (exact) mass is 741 g/mol. The Morgan fingerprint density at radius 1 is 0.293 bits per heavy atom. The molecule has 12 aromatic rings. The van der Waals surface area contributed by atoms with Crippen LogP contribution in [-0.2, 0) is 0 Å². The normalized spacial score (nSPS) is 11.8. The highest BCUT2D eigenvalue weighted by atomic mass is 16.3. The lowest BCUT2D eigenvalue weighted by Gasteiger charge is -2.26. The second-order valence-corrected chi connectivity index (χ2v) is 15.0. The number of rotatable bonds is 6. The highest BCUT2D eigenvalue weighted by Crippen LogP contribution is 2.41. The maximum absolute atomic E-state index is 6.26. The van der Waals surface area contributed by atoms with Crippen molar-refractivity contribution < 1.29 is 4.42 Å². The lowest BCUT2D eigenvalue weighted by Crippen LogP contribution is -2.10. The third kappa shape index (κ3) is 5.02. The van der Waals surface area contributed by atoms with Gasteiger partial charge in [-0.1, -0.05) is 109 Å². The molecule has 0 amide bonds. The molecule has 0 aliphatic heterocycles. The second-order valence-electron chi connectivity index (χ2n) is 15.0. The standard InChI is InChI=1S/C54H35N3O/c1-2-12-38(13-3-1)56-51-20-10-6-16-45(51)48-35-42(31-33-52(48)56)55(39-25-22-36(23-26-39)37-24-32-47-46-17-7-11-21-53(46)58-54(47)34-37)40-27-29-41(30-28-40)57-49-18-8-4-14-43(49)44-15-5-9-19-50(44)57/h1-35H. The smallest absolute Gasteiger partial charge is 0.136 e. The van der Waals surface area contributed by atoms with E-state index in [2.05, 4.69) is 214 Å². The van der Waals surface area contributed by atoms with Gasteiger partial charge in [-0.3, -0.25) is 0 Å². The molecular formula is C54H35N3O. The van der Waals surface area contributed by atoms with Gasteiger partial charge in [0.1, 0.15) is 11.2 Å². The van der Waals surface area contributed by atoms with E-state index < -0.39 is 0 Å². The van der Waals surface area contributed by atoms with E-state index in [-0.39, 0.29) is 0 Å². The number of benzene rings is 9. The Bertz CT molecular complexity index is 3440. The predicted molar refractivity (Wildman–Crippen MR) is 243 cm³/mol. The zero-order valence-corrected chi connectivity index (χ0v) is 31.5. The van der Waals surface area contributed by atoms with Crippen LogP contribution in [0.2, 0.25) is 0 Å². The second kappa shape index (κ2) is 12.9. The van der Waals surface area contributed by atoms with Crippen molar-refractivity contribution in [2.24, 2.45) is 0 Å². The van der Waals surface area contributed by atoms with Crippen LogP contribution in [0.25, 0.3) is 88.1 Å². The molecule has 0 unspecified atom stereocenters. The first-order chi connectivity index (χ1) is 28.8. The third-order valence-corrected chi connectivity index (χ3v) is 11.7. The molecule has 272 valence electrons. The highest BCUT2D eigenvalue weighted by molar-refractivity contribution is 6.11. The van der Waals surface area contributed by atoms with Crippen LogP contribution >= 0.6 is 0 Å². The number of furan rings is 1. The fourth-order valence-electron chi connectivity index (χ4n) is 9.06. The van der Waals surface area contributed by atoms with E-state index in [1.165, 1.54) is 43.6 Å². The van der Waals surface area contributed by atoms with Crippen molar-refractivity contribution in [3.05, 3.63) is 212 Å². The number of fused-ring (bicyclic) bond motifs is 9. The predicted octanol–water partition coefficient (Wildman–Crippen LogP) is 14.9. The van der Waals surface area contributed by atoms with Crippen LogP contribution in [0.5, 0.6) is 0 Å². The first-order valence-electron chi connectivity index (χ1n) is 19.8. The number of hydrogen-bond acceptors (Lipinski definition) is 2. The number of anilines is 3. The van der Waals surface area contributed by atoms with E-state index in [4.69, 9.17) is 4.42 Å². The van der Waals surface area contributed by atoms with Crippen molar-refractivity contribution in [1.29, 1.82) is 0 Å². The summed E-state index contributed by atoms with van der Waals surface area (Å²) in [5.74, 6) is 0. The number of nitrogens with zero attached hydrogens (tertiary/aromatic N) is 3. The fourth-order valence-corrected chi connectivity index (χ4v) is 9.06. The van der Waals surface area contributed by atoms with Crippen molar-refractivity contribution >= 4 is 82.6 Å². The van der Waals surface area contributed by atoms with Gasteiger partial charge in [0.15, 0.2) is 0 Å². The molecule has 0 saturated heterocycles. The largest absolute Gasteiger partial charge is 0.456 e. The summed E-state index contributed by atoms with van der Waals surface area (Å²) >= 11 is 0. The summed E-state index contributed by atoms with van der Waals surface area (Å²) in [5.41, 5.74) is 14.3. The van der Waals surface area contributed by atoms with E-state index in [1.54, 1.807) is 0 Å². The summed E-state index contributed by atoms with van der Waals surface area (Å²) in [4.78, 5) is 2.37.